The quantitative estimate of drug-likeness (QED) is 0.524. The summed E-state index contributed by atoms with van der Waals surface area (Å²) in [5.41, 5.74) is 0.393. The number of benzene rings is 1. The molecule has 1 atom stereocenters. The Hall–Kier alpha value is -2.19. The van der Waals surface area contributed by atoms with Gasteiger partial charge in [-0.3, -0.25) is 14.5 Å². The van der Waals surface area contributed by atoms with Crippen LogP contribution in [0, 0.1) is 0 Å². The molecule has 148 valence electrons. The maximum absolute atomic E-state index is 12.6. The fraction of sp³-hybridized carbons (Fsp3) is 0.474. The highest BCUT2D eigenvalue weighted by atomic mass is 32.2. The van der Waals surface area contributed by atoms with Crippen LogP contribution in [0.1, 0.15) is 39.0 Å². The molecule has 1 unspecified atom stereocenters. The number of carbonyl (C=O) groups is 1. The first-order valence-corrected chi connectivity index (χ1v) is 10.6. The summed E-state index contributed by atoms with van der Waals surface area (Å²) < 4.78 is 33.2. The Bertz CT molecular complexity index is 790. The summed E-state index contributed by atoms with van der Waals surface area (Å²) in [6, 6.07) is 6.13. The summed E-state index contributed by atoms with van der Waals surface area (Å²) in [4.78, 5) is 16.5. The Labute approximate surface area is 161 Å². The lowest BCUT2D eigenvalue weighted by Crippen LogP contribution is -2.31. The van der Waals surface area contributed by atoms with Gasteiger partial charge in [-0.05, 0) is 44.4 Å². The highest BCUT2D eigenvalue weighted by Crippen LogP contribution is 2.17. The Morgan fingerprint density at radius 1 is 1.37 bits per heavy atom. The molecular weight excluding hydrogens is 366 g/mol. The molecule has 0 radical (unpaired) electrons. The van der Waals surface area contributed by atoms with Crippen molar-refractivity contribution < 1.29 is 17.9 Å². The molecule has 1 aromatic rings. The molecule has 1 aliphatic rings. The average molecular weight is 394 g/mol. The van der Waals surface area contributed by atoms with E-state index in [1.807, 2.05) is 0 Å². The monoisotopic (exact) mass is 393 g/mol. The van der Waals surface area contributed by atoms with Crippen LogP contribution < -0.4 is 10.0 Å². The van der Waals surface area contributed by atoms with E-state index in [1.165, 1.54) is 12.1 Å². The van der Waals surface area contributed by atoms with Crippen molar-refractivity contribution in [2.45, 2.75) is 50.0 Å². The molecule has 1 amide bonds. The highest BCUT2D eigenvalue weighted by Gasteiger charge is 2.19. The lowest BCUT2D eigenvalue weighted by atomic mass is 10.2. The van der Waals surface area contributed by atoms with Crippen LogP contribution in [0.2, 0.25) is 0 Å². The fourth-order valence-corrected chi connectivity index (χ4v) is 3.69. The molecular formula is C19H27N3O4S. The number of rotatable bonds is 8. The highest BCUT2D eigenvalue weighted by molar-refractivity contribution is 7.90. The largest absolute Gasteiger partial charge is 0.368 e. The van der Waals surface area contributed by atoms with Crippen molar-refractivity contribution in [2.75, 3.05) is 18.5 Å². The first kappa shape index (κ1) is 21.1. The third-order valence-electron chi connectivity index (χ3n) is 4.10. The van der Waals surface area contributed by atoms with Crippen molar-refractivity contribution in [2.24, 2.45) is 4.99 Å². The van der Waals surface area contributed by atoms with E-state index < -0.39 is 16.1 Å². The summed E-state index contributed by atoms with van der Waals surface area (Å²) >= 11 is 0. The Morgan fingerprint density at radius 2 is 2.19 bits per heavy atom. The van der Waals surface area contributed by atoms with Crippen LogP contribution in [0.4, 0.5) is 5.69 Å². The summed E-state index contributed by atoms with van der Waals surface area (Å²) in [5, 5.41) is 2.68. The van der Waals surface area contributed by atoms with Gasteiger partial charge < -0.3 is 10.1 Å². The molecule has 0 aromatic heterocycles. The minimum absolute atomic E-state index is 0.0764. The van der Waals surface area contributed by atoms with Gasteiger partial charge >= 0.3 is 0 Å². The molecule has 2 N–H and O–H groups in total. The van der Waals surface area contributed by atoms with Crippen molar-refractivity contribution in [3.8, 4) is 0 Å². The fourth-order valence-electron chi connectivity index (χ4n) is 2.56. The molecule has 7 nitrogen and oxygen atoms in total. The zero-order valence-corrected chi connectivity index (χ0v) is 16.4. The van der Waals surface area contributed by atoms with Gasteiger partial charge in [-0.1, -0.05) is 18.6 Å². The zero-order chi connectivity index (χ0) is 19.7. The number of aliphatic imine (C=N–C) groups is 1. The topological polar surface area (TPSA) is 96.9 Å². The second-order valence-corrected chi connectivity index (χ2v) is 8.03. The molecule has 2 rings (SSSR count). The number of ether oxygens (including phenoxy) is 1. The molecule has 0 saturated heterocycles. The molecule has 0 saturated carbocycles. The van der Waals surface area contributed by atoms with Gasteiger partial charge in [0.05, 0.1) is 11.5 Å². The van der Waals surface area contributed by atoms with Crippen LogP contribution in [0.15, 0.2) is 46.8 Å². The molecule has 8 heteroatoms. The van der Waals surface area contributed by atoms with Crippen molar-refractivity contribution in [1.82, 2.24) is 4.72 Å². The number of amides is 1. The molecule has 1 aliphatic heterocycles. The van der Waals surface area contributed by atoms with Gasteiger partial charge in [-0.2, -0.15) is 0 Å². The van der Waals surface area contributed by atoms with E-state index in [2.05, 4.69) is 21.6 Å². The number of carbonyl (C=O) groups excluding carboxylic acids is 1. The second-order valence-electron chi connectivity index (χ2n) is 6.35. The number of hydrogen-bond donors (Lipinski definition) is 2. The molecule has 1 heterocycles. The summed E-state index contributed by atoms with van der Waals surface area (Å²) in [6.45, 7) is 6.28. The van der Waals surface area contributed by atoms with Crippen LogP contribution in [0.5, 0.6) is 0 Å². The van der Waals surface area contributed by atoms with Crippen molar-refractivity contribution in [1.29, 1.82) is 0 Å². The summed E-state index contributed by atoms with van der Waals surface area (Å²) in [5.74, 6) is 0.154. The molecule has 0 fully saturated rings. The third-order valence-corrected chi connectivity index (χ3v) is 5.48. The van der Waals surface area contributed by atoms with E-state index in [4.69, 9.17) is 4.74 Å². The smallest absolute Gasteiger partial charge is 0.262 e. The average Bonchev–Trinajstić information content (AvgIpc) is 2.90. The van der Waals surface area contributed by atoms with Crippen molar-refractivity contribution in [3.63, 3.8) is 0 Å². The Balaban J connectivity index is 2.04. The van der Waals surface area contributed by atoms with E-state index in [-0.39, 0.29) is 10.8 Å². The summed E-state index contributed by atoms with van der Waals surface area (Å²) in [7, 11) is -3.75. The first-order valence-electron chi connectivity index (χ1n) is 9.12. The minimum Gasteiger partial charge on any atom is -0.368 e. The van der Waals surface area contributed by atoms with E-state index in [0.717, 1.165) is 19.3 Å². The van der Waals surface area contributed by atoms with E-state index in [0.29, 0.717) is 37.5 Å². The van der Waals surface area contributed by atoms with Gasteiger partial charge in [0.1, 0.15) is 11.9 Å². The number of nitrogens with one attached hydrogen (secondary N) is 2. The van der Waals surface area contributed by atoms with E-state index in [9.17, 15) is 13.2 Å². The zero-order valence-electron chi connectivity index (χ0n) is 15.6. The van der Waals surface area contributed by atoms with Gasteiger partial charge in [0.15, 0.2) is 0 Å². The van der Waals surface area contributed by atoms with Crippen LogP contribution in [-0.2, 0) is 19.6 Å². The van der Waals surface area contributed by atoms with Gasteiger partial charge in [-0.25, -0.2) is 8.42 Å². The van der Waals surface area contributed by atoms with E-state index >= 15 is 0 Å². The molecule has 27 heavy (non-hydrogen) atoms. The van der Waals surface area contributed by atoms with Crippen molar-refractivity contribution >= 4 is 27.5 Å². The Kier molecular flexibility index (Phi) is 7.99. The van der Waals surface area contributed by atoms with Crippen molar-refractivity contribution in [3.05, 3.63) is 36.9 Å². The van der Waals surface area contributed by atoms with Crippen LogP contribution >= 0.6 is 0 Å². The van der Waals surface area contributed by atoms with Crippen LogP contribution in [-0.4, -0.2) is 39.4 Å². The van der Waals surface area contributed by atoms with Gasteiger partial charge in [0.25, 0.3) is 15.9 Å². The molecule has 1 aromatic carbocycles. The number of anilines is 1. The lowest BCUT2D eigenvalue weighted by molar-refractivity contribution is -0.126. The molecule has 0 bridgehead atoms. The van der Waals surface area contributed by atoms with Gasteiger partial charge in [-0.15, -0.1) is 6.58 Å². The van der Waals surface area contributed by atoms with Gasteiger partial charge in [0.2, 0.25) is 0 Å². The summed E-state index contributed by atoms with van der Waals surface area (Å²) in [6.07, 6.45) is 5.27. The van der Waals surface area contributed by atoms with E-state index in [1.54, 1.807) is 25.1 Å². The number of nitrogens with zero attached hydrogens (tertiary/aromatic N) is 1. The van der Waals surface area contributed by atoms with Crippen LogP contribution in [0.25, 0.3) is 0 Å². The number of amidine groups is 1. The SMILES string of the molecule is C=CCCOC(C)C(=O)Nc1cccc(S(=O)(=O)NC2=NCCCCC2)c1. The molecule has 0 spiro atoms. The Morgan fingerprint density at radius 3 is 2.96 bits per heavy atom. The van der Waals surface area contributed by atoms with Crippen LogP contribution in [0.3, 0.4) is 0 Å². The maximum atomic E-state index is 12.6. The second kappa shape index (κ2) is 10.2. The number of sulfonamides is 1. The third kappa shape index (κ3) is 6.80. The maximum Gasteiger partial charge on any atom is 0.262 e. The lowest BCUT2D eigenvalue weighted by Gasteiger charge is -2.14. The predicted octanol–water partition coefficient (Wildman–Crippen LogP) is 2.86. The predicted molar refractivity (Wildman–Crippen MR) is 106 cm³/mol. The van der Waals surface area contributed by atoms with Gasteiger partial charge in [0, 0.05) is 18.7 Å². The number of hydrogen-bond acceptors (Lipinski definition) is 5. The first-order chi connectivity index (χ1) is 12.9. The standard InChI is InChI=1S/C19H27N3O4S/c1-3-4-13-26-15(2)19(23)21-16-9-8-10-17(14-16)27(24,25)22-18-11-6-5-7-12-20-18/h3,8-10,14-15H,1,4-7,11-13H2,2H3,(H,20,22)(H,21,23). The minimum atomic E-state index is -3.75. The molecule has 0 aliphatic carbocycles. The normalized spacial score (nSPS) is 16.0.